The number of ether oxygens (including phenoxy) is 1. The number of aliphatic hydroxyl groups excluding tert-OH is 1. The predicted molar refractivity (Wildman–Crippen MR) is 65.7 cm³/mol. The van der Waals surface area contributed by atoms with Gasteiger partial charge in [0.25, 0.3) is 0 Å². The van der Waals surface area contributed by atoms with Crippen molar-refractivity contribution in [3.05, 3.63) is 29.3 Å². The first kappa shape index (κ1) is 15.9. The molecule has 0 heterocycles. The van der Waals surface area contributed by atoms with Crippen molar-refractivity contribution >= 4 is 0 Å². The molecule has 20 heavy (non-hydrogen) atoms. The van der Waals surface area contributed by atoms with Gasteiger partial charge in [-0.15, -0.1) is 12.3 Å². The average molecular weight is 283 g/mol. The Morgan fingerprint density at radius 3 is 2.65 bits per heavy atom. The summed E-state index contributed by atoms with van der Waals surface area (Å²) in [5, 5.41) is 18.0. The fraction of sp³-hybridized carbons (Fsp3) is 0.357. The zero-order valence-corrected chi connectivity index (χ0v) is 10.4. The van der Waals surface area contributed by atoms with Crippen molar-refractivity contribution in [3.63, 3.8) is 0 Å². The van der Waals surface area contributed by atoms with E-state index >= 15 is 0 Å². The number of alkyl halides is 3. The Morgan fingerprint density at radius 2 is 2.10 bits per heavy atom. The van der Waals surface area contributed by atoms with E-state index in [9.17, 15) is 18.3 Å². The minimum Gasteiger partial charge on any atom is -0.493 e. The van der Waals surface area contributed by atoms with Gasteiger partial charge in [-0.3, -0.25) is 0 Å². The summed E-state index contributed by atoms with van der Waals surface area (Å²) < 4.78 is 43.2. The van der Waals surface area contributed by atoms with E-state index < -0.39 is 23.4 Å². The van der Waals surface area contributed by atoms with E-state index in [0.717, 1.165) is 12.1 Å². The lowest BCUT2D eigenvalue weighted by atomic mass is 10.1. The van der Waals surface area contributed by atoms with Crippen LogP contribution in [0.3, 0.4) is 0 Å². The maximum absolute atomic E-state index is 12.7. The fourth-order valence-electron chi connectivity index (χ4n) is 1.50. The molecule has 0 aliphatic rings. The van der Waals surface area contributed by atoms with Crippen LogP contribution in [0, 0.1) is 23.7 Å². The first-order valence-corrected chi connectivity index (χ1v) is 5.74. The SMILES string of the molecule is C#CCC(O)CCOc1ccc(C#N)c(C(F)(F)F)c1. The highest BCUT2D eigenvalue weighted by atomic mass is 19.4. The van der Waals surface area contributed by atoms with Crippen LogP contribution < -0.4 is 4.74 Å². The van der Waals surface area contributed by atoms with Crippen LogP contribution in [0.1, 0.15) is 24.0 Å². The van der Waals surface area contributed by atoms with Gasteiger partial charge in [-0.25, -0.2) is 0 Å². The largest absolute Gasteiger partial charge is 0.493 e. The topological polar surface area (TPSA) is 53.2 Å². The number of aliphatic hydroxyl groups is 1. The van der Waals surface area contributed by atoms with E-state index in [-0.39, 0.29) is 25.2 Å². The van der Waals surface area contributed by atoms with Crippen LogP contribution in [0.4, 0.5) is 13.2 Å². The summed E-state index contributed by atoms with van der Waals surface area (Å²) in [6.07, 6.45) is 0.00943. The summed E-state index contributed by atoms with van der Waals surface area (Å²) in [7, 11) is 0. The highest BCUT2D eigenvalue weighted by Crippen LogP contribution is 2.34. The van der Waals surface area contributed by atoms with E-state index in [1.54, 1.807) is 0 Å². The summed E-state index contributed by atoms with van der Waals surface area (Å²) >= 11 is 0. The molecule has 0 saturated heterocycles. The quantitative estimate of drug-likeness (QED) is 0.845. The van der Waals surface area contributed by atoms with Gasteiger partial charge >= 0.3 is 6.18 Å². The Bertz CT molecular complexity index is 541. The Labute approximate surface area is 114 Å². The number of nitriles is 1. The van der Waals surface area contributed by atoms with Gasteiger partial charge in [-0.1, -0.05) is 0 Å². The minimum absolute atomic E-state index is 0.00997. The molecular formula is C14H12F3NO2. The molecular weight excluding hydrogens is 271 g/mol. The van der Waals surface area contributed by atoms with Crippen molar-refractivity contribution < 1.29 is 23.0 Å². The van der Waals surface area contributed by atoms with Crippen LogP contribution in [-0.4, -0.2) is 17.8 Å². The minimum atomic E-state index is -4.62. The van der Waals surface area contributed by atoms with Crippen molar-refractivity contribution in [3.8, 4) is 24.2 Å². The van der Waals surface area contributed by atoms with E-state index in [0.29, 0.717) is 0 Å². The number of rotatable bonds is 5. The molecule has 0 spiro atoms. The third kappa shape index (κ3) is 4.49. The molecule has 0 aliphatic heterocycles. The normalized spacial score (nSPS) is 12.3. The predicted octanol–water partition coefficient (Wildman–Crippen LogP) is 2.73. The molecule has 1 rings (SSSR count). The number of hydrogen-bond donors (Lipinski definition) is 1. The first-order valence-electron chi connectivity index (χ1n) is 5.74. The van der Waals surface area contributed by atoms with Gasteiger partial charge < -0.3 is 9.84 Å². The maximum Gasteiger partial charge on any atom is 0.417 e. The monoisotopic (exact) mass is 283 g/mol. The second kappa shape index (κ2) is 6.83. The van der Waals surface area contributed by atoms with Crippen molar-refractivity contribution in [2.45, 2.75) is 25.1 Å². The van der Waals surface area contributed by atoms with Gasteiger partial charge in [0.05, 0.1) is 29.9 Å². The van der Waals surface area contributed by atoms with E-state index in [1.165, 1.54) is 12.1 Å². The maximum atomic E-state index is 12.7. The molecule has 1 N–H and O–H groups in total. The summed E-state index contributed by atoms with van der Waals surface area (Å²) in [4.78, 5) is 0. The average Bonchev–Trinajstić information content (AvgIpc) is 2.38. The second-order valence-electron chi connectivity index (χ2n) is 4.02. The Balaban J connectivity index is 2.74. The standard InChI is InChI=1S/C14H12F3NO2/c1-2-3-11(19)6-7-20-12-5-4-10(9-18)13(8-12)14(15,16)17/h1,4-5,8,11,19H,3,6-7H2. The van der Waals surface area contributed by atoms with Gasteiger partial charge in [-0.05, 0) is 18.2 Å². The van der Waals surface area contributed by atoms with Crippen LogP contribution in [-0.2, 0) is 6.18 Å². The van der Waals surface area contributed by atoms with Gasteiger partial charge in [-0.2, -0.15) is 18.4 Å². The molecule has 1 unspecified atom stereocenters. The molecule has 0 bridgehead atoms. The van der Waals surface area contributed by atoms with E-state index in [4.69, 9.17) is 16.4 Å². The smallest absolute Gasteiger partial charge is 0.417 e. The van der Waals surface area contributed by atoms with Crippen molar-refractivity contribution in [1.29, 1.82) is 5.26 Å². The number of benzene rings is 1. The molecule has 0 fully saturated rings. The molecule has 1 aromatic rings. The zero-order valence-electron chi connectivity index (χ0n) is 10.4. The molecule has 3 nitrogen and oxygen atoms in total. The lowest BCUT2D eigenvalue weighted by Crippen LogP contribution is -2.12. The number of terminal acetylenes is 1. The lowest BCUT2D eigenvalue weighted by molar-refractivity contribution is -0.137. The van der Waals surface area contributed by atoms with Crippen LogP contribution in [0.2, 0.25) is 0 Å². The molecule has 0 aliphatic carbocycles. The van der Waals surface area contributed by atoms with Crippen LogP contribution in [0.5, 0.6) is 5.75 Å². The number of nitrogens with zero attached hydrogens (tertiary/aromatic N) is 1. The Morgan fingerprint density at radius 1 is 1.40 bits per heavy atom. The van der Waals surface area contributed by atoms with Gasteiger partial charge in [0, 0.05) is 12.8 Å². The third-order valence-electron chi connectivity index (χ3n) is 2.49. The first-order chi connectivity index (χ1) is 9.38. The van der Waals surface area contributed by atoms with Gasteiger partial charge in [0.15, 0.2) is 0 Å². The Hall–Kier alpha value is -2.18. The summed E-state index contributed by atoms with van der Waals surface area (Å²) in [6.45, 7) is 0.0338. The number of hydrogen-bond acceptors (Lipinski definition) is 3. The molecule has 6 heteroatoms. The summed E-state index contributed by atoms with van der Waals surface area (Å²) in [5.41, 5.74) is -1.50. The fourth-order valence-corrected chi connectivity index (χ4v) is 1.50. The van der Waals surface area contributed by atoms with E-state index in [2.05, 4.69) is 5.92 Å². The molecule has 0 aromatic heterocycles. The highest BCUT2D eigenvalue weighted by Gasteiger charge is 2.34. The van der Waals surface area contributed by atoms with Crippen molar-refractivity contribution in [2.75, 3.05) is 6.61 Å². The van der Waals surface area contributed by atoms with Crippen LogP contribution in [0.25, 0.3) is 0 Å². The third-order valence-corrected chi connectivity index (χ3v) is 2.49. The van der Waals surface area contributed by atoms with Crippen LogP contribution >= 0.6 is 0 Å². The zero-order chi connectivity index (χ0) is 15.2. The van der Waals surface area contributed by atoms with Gasteiger partial charge in [0.2, 0.25) is 0 Å². The summed E-state index contributed by atoms with van der Waals surface area (Å²) in [6, 6.07) is 4.58. The van der Waals surface area contributed by atoms with Crippen molar-refractivity contribution in [2.24, 2.45) is 0 Å². The molecule has 0 radical (unpaired) electrons. The van der Waals surface area contributed by atoms with Crippen LogP contribution in [0.15, 0.2) is 18.2 Å². The van der Waals surface area contributed by atoms with Crippen molar-refractivity contribution in [1.82, 2.24) is 0 Å². The molecule has 0 saturated carbocycles. The molecule has 106 valence electrons. The Kier molecular flexibility index (Phi) is 5.42. The lowest BCUT2D eigenvalue weighted by Gasteiger charge is -2.12. The molecule has 1 atom stereocenters. The molecule has 1 aromatic carbocycles. The summed E-state index contributed by atoms with van der Waals surface area (Å²) in [5.74, 6) is 2.26. The molecule has 0 amide bonds. The highest BCUT2D eigenvalue weighted by molar-refractivity contribution is 5.44. The van der Waals surface area contributed by atoms with Gasteiger partial charge in [0.1, 0.15) is 5.75 Å². The van der Waals surface area contributed by atoms with E-state index in [1.807, 2.05) is 0 Å². The number of halogens is 3. The second-order valence-corrected chi connectivity index (χ2v) is 4.02.